The second-order valence-electron chi connectivity index (χ2n) is 3.50. The summed E-state index contributed by atoms with van der Waals surface area (Å²) in [5.74, 6) is 1.61. The molecule has 11 heavy (non-hydrogen) atoms. The van der Waals surface area contributed by atoms with Crippen molar-refractivity contribution < 1.29 is 0 Å². The van der Waals surface area contributed by atoms with E-state index in [0.29, 0.717) is 0 Å². The molecule has 0 aromatic heterocycles. The lowest BCUT2D eigenvalue weighted by atomic mass is 9.91. The minimum atomic E-state index is 0.756. The van der Waals surface area contributed by atoms with E-state index in [-0.39, 0.29) is 0 Å². The number of hydrogen-bond acceptors (Lipinski definition) is 0. The number of unbranched alkanes of at least 4 members (excludes halogenated alkanes) is 1. The van der Waals surface area contributed by atoms with Gasteiger partial charge in [0.15, 0.2) is 0 Å². The van der Waals surface area contributed by atoms with Crippen molar-refractivity contribution in [3.05, 3.63) is 12.2 Å². The van der Waals surface area contributed by atoms with E-state index in [9.17, 15) is 0 Å². The van der Waals surface area contributed by atoms with Crippen molar-refractivity contribution in [3.8, 4) is 0 Å². The molecule has 0 aromatic rings. The lowest BCUT2D eigenvalue weighted by molar-refractivity contribution is 0.413. The maximum atomic E-state index is 2.35. The smallest absolute Gasteiger partial charge is 0.0236 e. The number of rotatable bonds is 5. The first-order valence-electron chi connectivity index (χ1n) is 4.85. The van der Waals surface area contributed by atoms with Crippen LogP contribution < -0.4 is 0 Å². The Morgan fingerprint density at radius 3 is 2.36 bits per heavy atom. The van der Waals surface area contributed by atoms with E-state index in [0.717, 1.165) is 11.8 Å². The summed E-state index contributed by atoms with van der Waals surface area (Å²) in [7, 11) is 0. The molecule has 2 unspecified atom stereocenters. The fraction of sp³-hybridized carbons (Fsp3) is 0.818. The van der Waals surface area contributed by atoms with Crippen LogP contribution in [0.15, 0.2) is 12.2 Å². The van der Waals surface area contributed by atoms with Gasteiger partial charge in [-0.25, -0.2) is 0 Å². The fourth-order valence-electron chi connectivity index (χ4n) is 1.28. The zero-order valence-corrected chi connectivity index (χ0v) is 8.43. The van der Waals surface area contributed by atoms with E-state index in [1.165, 1.54) is 19.3 Å². The molecule has 0 saturated carbocycles. The first kappa shape index (κ1) is 10.7. The maximum Gasteiger partial charge on any atom is -0.0236 e. The van der Waals surface area contributed by atoms with Gasteiger partial charge >= 0.3 is 0 Å². The minimum absolute atomic E-state index is 0.756. The highest BCUT2D eigenvalue weighted by molar-refractivity contribution is 4.85. The average Bonchev–Trinajstić information content (AvgIpc) is 2.00. The molecule has 0 N–H and O–H groups in total. The van der Waals surface area contributed by atoms with Gasteiger partial charge in [-0.2, -0.15) is 0 Å². The zero-order valence-electron chi connectivity index (χ0n) is 8.43. The molecule has 0 aromatic carbocycles. The van der Waals surface area contributed by atoms with Crippen LogP contribution in [0.4, 0.5) is 0 Å². The van der Waals surface area contributed by atoms with Crippen LogP contribution in [-0.2, 0) is 0 Å². The van der Waals surface area contributed by atoms with Crippen LogP contribution in [0.5, 0.6) is 0 Å². The third-order valence-corrected chi connectivity index (χ3v) is 2.41. The third kappa shape index (κ3) is 5.06. The molecular formula is C11H22. The van der Waals surface area contributed by atoms with Crippen LogP contribution >= 0.6 is 0 Å². The van der Waals surface area contributed by atoms with E-state index in [4.69, 9.17) is 0 Å². The highest BCUT2D eigenvalue weighted by Crippen LogP contribution is 2.18. The predicted molar refractivity (Wildman–Crippen MR) is 52.7 cm³/mol. The van der Waals surface area contributed by atoms with Crippen molar-refractivity contribution in [1.82, 2.24) is 0 Å². The molecule has 2 atom stereocenters. The predicted octanol–water partition coefficient (Wildman–Crippen LogP) is 4.02. The van der Waals surface area contributed by atoms with Crippen molar-refractivity contribution in [3.63, 3.8) is 0 Å². The van der Waals surface area contributed by atoms with Gasteiger partial charge in [0.05, 0.1) is 0 Å². The van der Waals surface area contributed by atoms with Crippen LogP contribution in [-0.4, -0.2) is 0 Å². The Morgan fingerprint density at radius 2 is 1.91 bits per heavy atom. The van der Waals surface area contributed by atoms with E-state index in [1.807, 2.05) is 0 Å². The minimum Gasteiger partial charge on any atom is -0.0914 e. The molecule has 0 bridgehead atoms. The number of allylic oxidation sites excluding steroid dienone is 2. The van der Waals surface area contributed by atoms with Gasteiger partial charge < -0.3 is 0 Å². The quantitative estimate of drug-likeness (QED) is 0.524. The van der Waals surface area contributed by atoms with Crippen molar-refractivity contribution in [2.24, 2.45) is 11.8 Å². The van der Waals surface area contributed by atoms with Crippen LogP contribution in [0.3, 0.4) is 0 Å². The lowest BCUT2D eigenvalue weighted by Crippen LogP contribution is -2.04. The molecule has 0 amide bonds. The fourth-order valence-corrected chi connectivity index (χ4v) is 1.28. The molecule has 0 heterocycles. The van der Waals surface area contributed by atoms with Gasteiger partial charge in [-0.3, -0.25) is 0 Å². The second-order valence-corrected chi connectivity index (χ2v) is 3.50. The molecule has 0 radical (unpaired) electrons. The molecule has 0 heteroatoms. The van der Waals surface area contributed by atoms with Crippen LogP contribution in [0.1, 0.15) is 47.0 Å². The molecule has 0 aliphatic rings. The summed E-state index contributed by atoms with van der Waals surface area (Å²) in [6.07, 6.45) is 8.55. The molecule has 66 valence electrons. The summed E-state index contributed by atoms with van der Waals surface area (Å²) < 4.78 is 0. The molecule has 0 aliphatic heterocycles. The largest absolute Gasteiger partial charge is 0.0914 e. The van der Waals surface area contributed by atoms with Gasteiger partial charge in [-0.1, -0.05) is 52.2 Å². The zero-order chi connectivity index (χ0) is 8.69. The van der Waals surface area contributed by atoms with Gasteiger partial charge in [0.1, 0.15) is 0 Å². The first-order valence-corrected chi connectivity index (χ1v) is 4.85. The molecule has 0 spiro atoms. The highest BCUT2D eigenvalue weighted by atomic mass is 14.1. The summed E-state index contributed by atoms with van der Waals surface area (Å²) in [5, 5.41) is 0. The van der Waals surface area contributed by atoms with Crippen molar-refractivity contribution in [1.29, 1.82) is 0 Å². The van der Waals surface area contributed by atoms with Crippen molar-refractivity contribution in [2.45, 2.75) is 47.0 Å². The monoisotopic (exact) mass is 154 g/mol. The summed E-state index contributed by atoms with van der Waals surface area (Å²) in [6.45, 7) is 9.01. The van der Waals surface area contributed by atoms with E-state index < -0.39 is 0 Å². The molecule has 0 aliphatic carbocycles. The Labute approximate surface area is 71.7 Å². The second kappa shape index (κ2) is 6.45. The van der Waals surface area contributed by atoms with Crippen LogP contribution in [0.25, 0.3) is 0 Å². The summed E-state index contributed by atoms with van der Waals surface area (Å²) in [6, 6.07) is 0. The molecule has 0 nitrogen and oxygen atoms in total. The van der Waals surface area contributed by atoms with Crippen LogP contribution in [0.2, 0.25) is 0 Å². The average molecular weight is 154 g/mol. The first-order chi connectivity index (χ1) is 5.22. The van der Waals surface area contributed by atoms with E-state index >= 15 is 0 Å². The molecular weight excluding hydrogens is 132 g/mol. The van der Waals surface area contributed by atoms with Gasteiger partial charge in [-0.15, -0.1) is 0 Å². The molecule has 0 saturated heterocycles. The Balaban J connectivity index is 3.54. The van der Waals surface area contributed by atoms with E-state index in [1.54, 1.807) is 0 Å². The SMILES string of the molecule is CC=CC(C)C(C)CCCC. The standard InChI is InChI=1S/C11H22/c1-5-7-9-11(4)10(3)8-6-2/h6,8,10-11H,5,7,9H2,1-4H3. The maximum absolute atomic E-state index is 2.35. The molecule has 0 rings (SSSR count). The van der Waals surface area contributed by atoms with E-state index in [2.05, 4.69) is 39.8 Å². The Hall–Kier alpha value is -0.260. The third-order valence-electron chi connectivity index (χ3n) is 2.41. The van der Waals surface area contributed by atoms with Gasteiger partial charge in [0.25, 0.3) is 0 Å². The molecule has 0 fully saturated rings. The van der Waals surface area contributed by atoms with Gasteiger partial charge in [0.2, 0.25) is 0 Å². The van der Waals surface area contributed by atoms with Gasteiger partial charge in [0, 0.05) is 0 Å². The summed E-state index contributed by atoms with van der Waals surface area (Å²) >= 11 is 0. The highest BCUT2D eigenvalue weighted by Gasteiger charge is 2.06. The Kier molecular flexibility index (Phi) is 6.30. The normalized spacial score (nSPS) is 17.1. The van der Waals surface area contributed by atoms with Crippen molar-refractivity contribution >= 4 is 0 Å². The van der Waals surface area contributed by atoms with Gasteiger partial charge in [-0.05, 0) is 18.8 Å². The summed E-state index contributed by atoms with van der Waals surface area (Å²) in [5.41, 5.74) is 0. The van der Waals surface area contributed by atoms with Crippen molar-refractivity contribution in [2.75, 3.05) is 0 Å². The Bertz CT molecular complexity index is 103. The van der Waals surface area contributed by atoms with Crippen LogP contribution in [0, 0.1) is 11.8 Å². The Morgan fingerprint density at radius 1 is 1.27 bits per heavy atom. The topological polar surface area (TPSA) is 0 Å². The summed E-state index contributed by atoms with van der Waals surface area (Å²) in [4.78, 5) is 0. The lowest BCUT2D eigenvalue weighted by Gasteiger charge is -2.15. The number of hydrogen-bond donors (Lipinski definition) is 0.